The zero-order valence-electron chi connectivity index (χ0n) is 23.2. The molecule has 2 amide bonds. The summed E-state index contributed by atoms with van der Waals surface area (Å²) in [6, 6.07) is 13.9. The molecule has 2 aromatic carbocycles. The van der Waals surface area contributed by atoms with Crippen molar-refractivity contribution in [2.24, 2.45) is 5.92 Å². The summed E-state index contributed by atoms with van der Waals surface area (Å²) in [5, 5.41) is 3.36. The van der Waals surface area contributed by atoms with E-state index in [-0.39, 0.29) is 18.2 Å². The molecule has 8 nitrogen and oxygen atoms in total. The van der Waals surface area contributed by atoms with Gasteiger partial charge < -0.3 is 24.6 Å². The second-order valence-corrected chi connectivity index (χ2v) is 10.5. The summed E-state index contributed by atoms with van der Waals surface area (Å²) in [7, 11) is 0. The van der Waals surface area contributed by atoms with Crippen molar-refractivity contribution in [3.05, 3.63) is 48.5 Å². The van der Waals surface area contributed by atoms with Gasteiger partial charge in [-0.25, -0.2) is 0 Å². The van der Waals surface area contributed by atoms with Crippen LogP contribution in [0.1, 0.15) is 46.5 Å². The van der Waals surface area contributed by atoms with Crippen molar-refractivity contribution in [1.82, 2.24) is 9.80 Å². The molecule has 0 spiro atoms. The molecule has 0 unspecified atom stereocenters. The SMILES string of the molecule is CCOc1ccc(NC(=O)C[C@@H]2C(=O)N(c3ccc(OCC)cc3)C(=S)N2CCCN2CCC(C)CC2)cc1. The third-order valence-corrected chi connectivity index (χ3v) is 7.72. The molecule has 4 rings (SSSR count). The van der Waals surface area contributed by atoms with Crippen LogP contribution in [0.3, 0.4) is 0 Å². The minimum absolute atomic E-state index is 0.0148. The second-order valence-electron chi connectivity index (χ2n) is 10.2. The van der Waals surface area contributed by atoms with Gasteiger partial charge in [0.1, 0.15) is 17.5 Å². The van der Waals surface area contributed by atoms with Crippen LogP contribution in [0.4, 0.5) is 11.4 Å². The minimum atomic E-state index is -0.659. The maximum Gasteiger partial charge on any atom is 0.256 e. The fourth-order valence-corrected chi connectivity index (χ4v) is 5.54. The number of nitrogens with zero attached hydrogens (tertiary/aromatic N) is 3. The summed E-state index contributed by atoms with van der Waals surface area (Å²) in [5.74, 6) is 1.85. The molecule has 1 N–H and O–H groups in total. The number of piperidine rings is 1. The molecule has 39 heavy (non-hydrogen) atoms. The first-order chi connectivity index (χ1) is 18.9. The smallest absolute Gasteiger partial charge is 0.256 e. The number of hydrogen-bond donors (Lipinski definition) is 1. The molecule has 2 fully saturated rings. The number of carbonyl (C=O) groups is 2. The van der Waals surface area contributed by atoms with E-state index in [1.807, 2.05) is 55.1 Å². The number of anilines is 2. The predicted octanol–water partition coefficient (Wildman–Crippen LogP) is 4.94. The van der Waals surface area contributed by atoms with Crippen molar-refractivity contribution < 1.29 is 19.1 Å². The van der Waals surface area contributed by atoms with Crippen molar-refractivity contribution >= 4 is 40.5 Å². The van der Waals surface area contributed by atoms with Gasteiger partial charge in [-0.2, -0.15) is 0 Å². The van der Waals surface area contributed by atoms with E-state index in [1.165, 1.54) is 12.8 Å². The molecule has 0 bridgehead atoms. The summed E-state index contributed by atoms with van der Waals surface area (Å²) >= 11 is 5.83. The van der Waals surface area contributed by atoms with Crippen LogP contribution >= 0.6 is 12.2 Å². The molecule has 0 aromatic heterocycles. The number of amides is 2. The number of ether oxygens (including phenoxy) is 2. The number of likely N-dealkylation sites (tertiary alicyclic amines) is 1. The highest BCUT2D eigenvalue weighted by molar-refractivity contribution is 7.80. The third-order valence-electron chi connectivity index (χ3n) is 7.30. The molecule has 2 aromatic rings. The predicted molar refractivity (Wildman–Crippen MR) is 159 cm³/mol. The summed E-state index contributed by atoms with van der Waals surface area (Å²) < 4.78 is 11.0. The van der Waals surface area contributed by atoms with Gasteiger partial charge in [0, 0.05) is 12.2 Å². The Morgan fingerprint density at radius 1 is 0.949 bits per heavy atom. The number of hydrogen-bond acceptors (Lipinski definition) is 6. The van der Waals surface area contributed by atoms with E-state index in [4.69, 9.17) is 21.7 Å². The molecule has 0 saturated carbocycles. The summed E-state index contributed by atoms with van der Waals surface area (Å²) in [6.07, 6.45) is 3.33. The molecule has 2 aliphatic heterocycles. The number of rotatable bonds is 12. The van der Waals surface area contributed by atoms with Crippen molar-refractivity contribution in [3.63, 3.8) is 0 Å². The fourth-order valence-electron chi connectivity index (χ4n) is 5.12. The van der Waals surface area contributed by atoms with Crippen molar-refractivity contribution in [1.29, 1.82) is 0 Å². The highest BCUT2D eigenvalue weighted by atomic mass is 32.1. The van der Waals surface area contributed by atoms with E-state index in [2.05, 4.69) is 17.1 Å². The van der Waals surface area contributed by atoms with Crippen LogP contribution in [0, 0.1) is 5.92 Å². The highest BCUT2D eigenvalue weighted by Crippen LogP contribution is 2.29. The van der Waals surface area contributed by atoms with E-state index in [0.29, 0.717) is 36.2 Å². The molecular formula is C30H40N4O4S. The van der Waals surface area contributed by atoms with Crippen molar-refractivity contribution in [2.45, 2.75) is 52.5 Å². The van der Waals surface area contributed by atoms with Gasteiger partial charge in [0.05, 0.1) is 25.3 Å². The maximum absolute atomic E-state index is 13.7. The number of benzene rings is 2. The van der Waals surface area contributed by atoms with Gasteiger partial charge in [-0.3, -0.25) is 14.5 Å². The van der Waals surface area contributed by atoms with Gasteiger partial charge in [-0.15, -0.1) is 0 Å². The Morgan fingerprint density at radius 2 is 1.54 bits per heavy atom. The van der Waals surface area contributed by atoms with Gasteiger partial charge in [0.25, 0.3) is 5.91 Å². The lowest BCUT2D eigenvalue weighted by atomic mass is 9.99. The second kappa shape index (κ2) is 13.8. The van der Waals surface area contributed by atoms with Crippen LogP contribution in [-0.2, 0) is 9.59 Å². The average Bonchev–Trinajstić information content (AvgIpc) is 3.15. The maximum atomic E-state index is 13.7. The van der Waals surface area contributed by atoms with E-state index in [9.17, 15) is 9.59 Å². The lowest BCUT2D eigenvalue weighted by Gasteiger charge is -2.31. The standard InChI is InChI=1S/C30H40N4O4S/c1-4-37-25-11-7-23(8-12-25)31-28(35)21-27-29(36)34(24-9-13-26(14-10-24)38-5-2)30(39)33(27)18-6-17-32-19-15-22(3)16-20-32/h7-14,22,27H,4-6,15-21H2,1-3H3,(H,31,35)/t27-/m1/s1. The molecule has 0 aliphatic carbocycles. The lowest BCUT2D eigenvalue weighted by Crippen LogP contribution is -2.40. The van der Waals surface area contributed by atoms with E-state index in [0.717, 1.165) is 43.5 Å². The molecule has 2 aliphatic rings. The molecule has 2 heterocycles. The first-order valence-electron chi connectivity index (χ1n) is 14.0. The first kappa shape index (κ1) is 28.8. The summed E-state index contributed by atoms with van der Waals surface area (Å²) in [4.78, 5) is 32.8. The van der Waals surface area contributed by atoms with Gasteiger partial charge in [0.15, 0.2) is 5.11 Å². The molecular weight excluding hydrogens is 512 g/mol. The van der Waals surface area contributed by atoms with E-state index >= 15 is 0 Å². The van der Waals surface area contributed by atoms with Crippen molar-refractivity contribution in [3.8, 4) is 11.5 Å². The van der Waals surface area contributed by atoms with Crippen LogP contribution in [-0.4, -0.2) is 72.2 Å². The van der Waals surface area contributed by atoms with E-state index < -0.39 is 6.04 Å². The summed E-state index contributed by atoms with van der Waals surface area (Å²) in [5.41, 5.74) is 1.34. The Morgan fingerprint density at radius 3 is 2.13 bits per heavy atom. The minimum Gasteiger partial charge on any atom is -0.494 e. The zero-order chi connectivity index (χ0) is 27.8. The zero-order valence-corrected chi connectivity index (χ0v) is 24.0. The topological polar surface area (TPSA) is 74.3 Å². The van der Waals surface area contributed by atoms with Crippen LogP contribution in [0.15, 0.2) is 48.5 Å². The molecule has 1 atom stereocenters. The number of thiocarbonyl (C=S) groups is 1. The summed E-state index contributed by atoms with van der Waals surface area (Å²) in [6.45, 7) is 11.1. The number of nitrogens with one attached hydrogen (secondary N) is 1. The Labute approximate surface area is 237 Å². The lowest BCUT2D eigenvalue weighted by molar-refractivity contribution is -0.124. The third kappa shape index (κ3) is 7.48. The normalized spacial score (nSPS) is 18.5. The van der Waals surface area contributed by atoms with Crippen LogP contribution < -0.4 is 19.7 Å². The highest BCUT2D eigenvalue weighted by Gasteiger charge is 2.44. The Bertz CT molecular complexity index is 1120. The first-order valence-corrected chi connectivity index (χ1v) is 14.4. The monoisotopic (exact) mass is 552 g/mol. The molecule has 9 heteroatoms. The molecule has 210 valence electrons. The Balaban J connectivity index is 1.45. The Kier molecular flexibility index (Phi) is 10.2. The van der Waals surface area contributed by atoms with Gasteiger partial charge >= 0.3 is 0 Å². The van der Waals surface area contributed by atoms with Crippen LogP contribution in [0.5, 0.6) is 11.5 Å². The molecule has 2 saturated heterocycles. The van der Waals surface area contributed by atoms with Crippen LogP contribution in [0.2, 0.25) is 0 Å². The fraction of sp³-hybridized carbons (Fsp3) is 0.500. The largest absolute Gasteiger partial charge is 0.494 e. The quantitative estimate of drug-likeness (QED) is 0.374. The van der Waals surface area contributed by atoms with Crippen LogP contribution in [0.25, 0.3) is 0 Å². The molecule has 0 radical (unpaired) electrons. The van der Waals surface area contributed by atoms with E-state index in [1.54, 1.807) is 17.0 Å². The Hall–Kier alpha value is -3.17. The van der Waals surface area contributed by atoms with Crippen molar-refractivity contribution in [2.75, 3.05) is 49.6 Å². The van der Waals surface area contributed by atoms with Gasteiger partial charge in [-0.05, 0) is 119 Å². The number of carbonyl (C=O) groups excluding carboxylic acids is 2. The van der Waals surface area contributed by atoms with Gasteiger partial charge in [0.2, 0.25) is 5.91 Å². The average molecular weight is 553 g/mol. The van der Waals surface area contributed by atoms with Gasteiger partial charge in [-0.1, -0.05) is 6.92 Å².